The van der Waals surface area contributed by atoms with Crippen LogP contribution in [0.4, 0.5) is 0 Å². The van der Waals surface area contributed by atoms with Gasteiger partial charge < -0.3 is 10.7 Å². The van der Waals surface area contributed by atoms with Gasteiger partial charge in [0.15, 0.2) is 5.11 Å². The second kappa shape index (κ2) is 2.67. The third-order valence-corrected chi connectivity index (χ3v) is 1.89. The molecule has 0 aliphatic carbocycles. The lowest BCUT2D eigenvalue weighted by molar-refractivity contribution is 1.08. The number of H-pyrrole nitrogens is 1. The highest BCUT2D eigenvalue weighted by Crippen LogP contribution is 2.05. The number of nitrogens with two attached hydrogens (primary N) is 1. The third kappa shape index (κ3) is 1.11. The van der Waals surface area contributed by atoms with E-state index in [9.17, 15) is 4.79 Å². The van der Waals surface area contributed by atoms with Crippen molar-refractivity contribution in [1.29, 1.82) is 0 Å². The van der Waals surface area contributed by atoms with Crippen molar-refractivity contribution in [3.05, 3.63) is 28.9 Å². The van der Waals surface area contributed by atoms with E-state index in [-0.39, 0.29) is 10.8 Å². The summed E-state index contributed by atoms with van der Waals surface area (Å²) in [7, 11) is 0. The van der Waals surface area contributed by atoms with Gasteiger partial charge in [0.2, 0.25) is 0 Å². The summed E-state index contributed by atoms with van der Waals surface area (Å²) in [5.74, 6) is 0. The van der Waals surface area contributed by atoms with Gasteiger partial charge in [0.05, 0.1) is 17.2 Å². The number of hydrogen-bond donors (Lipinski definition) is 2. The summed E-state index contributed by atoms with van der Waals surface area (Å²) < 4.78 is 1.23. The molecule has 0 saturated heterocycles. The molecule has 3 N–H and O–H groups in total. The van der Waals surface area contributed by atoms with Crippen LogP contribution in [-0.2, 0) is 0 Å². The highest BCUT2D eigenvalue weighted by atomic mass is 32.1. The number of fused-ring (bicyclic) bond motifs is 1. The van der Waals surface area contributed by atoms with Crippen molar-refractivity contribution in [2.75, 3.05) is 0 Å². The van der Waals surface area contributed by atoms with Gasteiger partial charge in [-0.2, -0.15) is 0 Å². The van der Waals surface area contributed by atoms with E-state index in [2.05, 4.69) is 9.97 Å². The van der Waals surface area contributed by atoms with Crippen LogP contribution in [0.5, 0.6) is 0 Å². The summed E-state index contributed by atoms with van der Waals surface area (Å²) in [6.07, 6.45) is 3.12. The molecule has 2 rings (SSSR count). The quantitative estimate of drug-likeness (QED) is 0.570. The molecule has 0 bridgehead atoms. The summed E-state index contributed by atoms with van der Waals surface area (Å²) in [5, 5.41) is 0.0300. The first-order chi connectivity index (χ1) is 6.20. The number of nitrogens with one attached hydrogen (secondary N) is 1. The maximum Gasteiger partial charge on any atom is 0.332 e. The Morgan fingerprint density at radius 2 is 2.46 bits per heavy atom. The molecule has 6 heteroatoms. The Labute approximate surface area is 78.2 Å². The zero-order valence-electron chi connectivity index (χ0n) is 6.52. The molecule has 0 unspecified atom stereocenters. The Morgan fingerprint density at radius 3 is 3.15 bits per heavy atom. The van der Waals surface area contributed by atoms with Gasteiger partial charge in [0.25, 0.3) is 0 Å². The zero-order chi connectivity index (χ0) is 9.42. The van der Waals surface area contributed by atoms with Crippen molar-refractivity contribution >= 4 is 28.4 Å². The second-order valence-electron chi connectivity index (χ2n) is 2.50. The van der Waals surface area contributed by atoms with Gasteiger partial charge in [-0.05, 0) is 18.3 Å². The molecule has 0 aromatic carbocycles. The Morgan fingerprint density at radius 1 is 1.69 bits per heavy atom. The topological polar surface area (TPSA) is 76.7 Å². The standard InChI is InChI=1S/C7H6N4OS/c8-6(13)11-5-1-2-9-3-4(5)10-7(11)12/h1-3H,(H2,8,13)(H,10,12). The van der Waals surface area contributed by atoms with Crippen molar-refractivity contribution in [2.45, 2.75) is 0 Å². The monoisotopic (exact) mass is 194 g/mol. The maximum atomic E-state index is 11.3. The first kappa shape index (κ1) is 7.93. The van der Waals surface area contributed by atoms with E-state index in [0.29, 0.717) is 11.0 Å². The van der Waals surface area contributed by atoms with Crippen LogP contribution >= 0.6 is 12.2 Å². The molecular weight excluding hydrogens is 188 g/mol. The van der Waals surface area contributed by atoms with Gasteiger partial charge in [-0.15, -0.1) is 0 Å². The summed E-state index contributed by atoms with van der Waals surface area (Å²) in [5.41, 5.74) is 6.31. The fourth-order valence-electron chi connectivity index (χ4n) is 1.18. The fraction of sp³-hybridized carbons (Fsp3) is 0. The van der Waals surface area contributed by atoms with E-state index in [4.69, 9.17) is 18.0 Å². The minimum atomic E-state index is -0.337. The first-order valence-electron chi connectivity index (χ1n) is 3.54. The zero-order valence-corrected chi connectivity index (χ0v) is 7.34. The molecule has 0 amide bonds. The Balaban J connectivity index is 2.95. The fourth-order valence-corrected chi connectivity index (χ4v) is 1.36. The van der Waals surface area contributed by atoms with Gasteiger partial charge in [0.1, 0.15) is 0 Å². The molecule has 0 aliphatic rings. The highest BCUT2D eigenvalue weighted by molar-refractivity contribution is 7.80. The molecule has 2 aromatic heterocycles. The van der Waals surface area contributed by atoms with Crippen LogP contribution in [0.15, 0.2) is 23.3 Å². The average Bonchev–Trinajstić information content (AvgIpc) is 2.39. The number of rotatable bonds is 0. The highest BCUT2D eigenvalue weighted by Gasteiger charge is 2.06. The smallest absolute Gasteiger partial charge is 0.332 e. The number of aromatic nitrogens is 3. The molecule has 2 aromatic rings. The van der Waals surface area contributed by atoms with E-state index in [1.165, 1.54) is 4.57 Å². The number of aromatic amines is 1. The predicted molar refractivity (Wildman–Crippen MR) is 52.5 cm³/mol. The summed E-state index contributed by atoms with van der Waals surface area (Å²) in [6, 6.07) is 1.67. The van der Waals surface area contributed by atoms with Crippen LogP contribution in [0.3, 0.4) is 0 Å². The molecule has 66 valence electrons. The van der Waals surface area contributed by atoms with Gasteiger partial charge in [-0.25, -0.2) is 9.36 Å². The Kier molecular flexibility index (Phi) is 1.63. The van der Waals surface area contributed by atoms with E-state index in [1.807, 2.05) is 0 Å². The largest absolute Gasteiger partial charge is 0.375 e. The van der Waals surface area contributed by atoms with Crippen LogP contribution < -0.4 is 11.4 Å². The lowest BCUT2D eigenvalue weighted by Gasteiger charge is -1.96. The molecule has 0 atom stereocenters. The molecule has 13 heavy (non-hydrogen) atoms. The summed E-state index contributed by atoms with van der Waals surface area (Å²) in [6.45, 7) is 0. The SMILES string of the molecule is NC(=S)n1c(=O)[nH]c2cnccc21. The predicted octanol–water partition coefficient (Wildman–Crippen LogP) is -0.184. The number of nitrogens with zero attached hydrogens (tertiary/aromatic N) is 2. The molecule has 5 nitrogen and oxygen atoms in total. The normalized spacial score (nSPS) is 10.5. The van der Waals surface area contributed by atoms with Crippen molar-refractivity contribution in [1.82, 2.24) is 14.5 Å². The molecule has 0 aliphatic heterocycles. The third-order valence-electron chi connectivity index (χ3n) is 1.70. The Hall–Kier alpha value is -1.69. The molecule has 0 spiro atoms. The summed E-state index contributed by atoms with van der Waals surface area (Å²) in [4.78, 5) is 17.7. The van der Waals surface area contributed by atoms with Crippen LogP contribution in [-0.4, -0.2) is 19.6 Å². The van der Waals surface area contributed by atoms with E-state index in [1.54, 1.807) is 18.5 Å². The maximum absolute atomic E-state index is 11.3. The lowest BCUT2D eigenvalue weighted by Crippen LogP contribution is -2.29. The van der Waals surface area contributed by atoms with Crippen LogP contribution in [0.25, 0.3) is 11.0 Å². The summed E-state index contributed by atoms with van der Waals surface area (Å²) >= 11 is 4.73. The number of hydrogen-bond acceptors (Lipinski definition) is 3. The van der Waals surface area contributed by atoms with Crippen LogP contribution in [0.2, 0.25) is 0 Å². The van der Waals surface area contributed by atoms with Gasteiger partial charge in [-0.3, -0.25) is 4.98 Å². The minimum absolute atomic E-state index is 0.0300. The minimum Gasteiger partial charge on any atom is -0.375 e. The number of thiocarbonyl (C=S) groups is 1. The van der Waals surface area contributed by atoms with E-state index in [0.717, 1.165) is 0 Å². The van der Waals surface area contributed by atoms with Crippen molar-refractivity contribution < 1.29 is 0 Å². The average molecular weight is 194 g/mol. The van der Waals surface area contributed by atoms with Crippen molar-refractivity contribution in [3.63, 3.8) is 0 Å². The number of imidazole rings is 1. The van der Waals surface area contributed by atoms with E-state index >= 15 is 0 Å². The molecule has 2 heterocycles. The van der Waals surface area contributed by atoms with E-state index < -0.39 is 0 Å². The Bertz CT molecular complexity index is 527. The number of pyridine rings is 1. The first-order valence-corrected chi connectivity index (χ1v) is 3.95. The van der Waals surface area contributed by atoms with Gasteiger partial charge in [0, 0.05) is 6.20 Å². The molecule has 0 saturated carbocycles. The van der Waals surface area contributed by atoms with Crippen molar-refractivity contribution in [3.8, 4) is 0 Å². The second-order valence-corrected chi connectivity index (χ2v) is 2.91. The lowest BCUT2D eigenvalue weighted by atomic mass is 10.4. The molecule has 0 radical (unpaired) electrons. The van der Waals surface area contributed by atoms with Gasteiger partial charge in [-0.1, -0.05) is 0 Å². The molecule has 0 fully saturated rings. The van der Waals surface area contributed by atoms with Crippen LogP contribution in [0, 0.1) is 0 Å². The van der Waals surface area contributed by atoms with Gasteiger partial charge >= 0.3 is 5.69 Å². The molecular formula is C7H6N4OS. The van der Waals surface area contributed by atoms with Crippen molar-refractivity contribution in [2.24, 2.45) is 5.73 Å². The van der Waals surface area contributed by atoms with Crippen LogP contribution in [0.1, 0.15) is 0 Å².